The standard InChI is InChI=1S/C22H22F3N5OS/c1-13-5-6-14(9-15(13)22(23,24)25)29-18(31)12-32-20-17(11-27)21(7-3-2-4-8-21)16(10-26)19(28)30-20/h5-6,9,30H,2-4,7-8,12,28H2,1H3,(H,29,31). The number of thioether (sulfide) groups is 1. The summed E-state index contributed by atoms with van der Waals surface area (Å²) in [5, 5.41) is 25.3. The van der Waals surface area contributed by atoms with Crippen LogP contribution in [0.5, 0.6) is 0 Å². The van der Waals surface area contributed by atoms with E-state index in [9.17, 15) is 28.5 Å². The first-order valence-electron chi connectivity index (χ1n) is 10.0. The van der Waals surface area contributed by atoms with Gasteiger partial charge in [0.2, 0.25) is 5.91 Å². The van der Waals surface area contributed by atoms with Crippen molar-refractivity contribution in [1.29, 1.82) is 10.5 Å². The SMILES string of the molecule is Cc1ccc(NC(=O)CSC2=C(C#N)C3(CCCCC3)C(C#N)=C(N)N2)cc1C(F)(F)F. The van der Waals surface area contributed by atoms with Crippen molar-refractivity contribution in [2.75, 3.05) is 11.1 Å². The van der Waals surface area contributed by atoms with Gasteiger partial charge < -0.3 is 16.4 Å². The van der Waals surface area contributed by atoms with Gasteiger partial charge in [-0.15, -0.1) is 0 Å². The van der Waals surface area contributed by atoms with Crippen molar-refractivity contribution in [1.82, 2.24) is 5.32 Å². The van der Waals surface area contributed by atoms with Crippen LogP contribution in [0.15, 0.2) is 40.2 Å². The predicted octanol–water partition coefficient (Wildman–Crippen LogP) is 4.67. The van der Waals surface area contributed by atoms with E-state index in [0.29, 0.717) is 29.0 Å². The number of rotatable bonds is 4. The molecule has 1 saturated carbocycles. The number of nitrogens with two attached hydrogens (primary N) is 1. The Morgan fingerprint density at radius 1 is 1.22 bits per heavy atom. The van der Waals surface area contributed by atoms with Crippen LogP contribution in [0.4, 0.5) is 18.9 Å². The molecule has 168 valence electrons. The number of nitrogens with one attached hydrogen (secondary N) is 2. The molecule has 6 nitrogen and oxygen atoms in total. The van der Waals surface area contributed by atoms with E-state index in [1.807, 2.05) is 0 Å². The molecule has 0 unspecified atom stereocenters. The number of allylic oxidation sites excluding steroid dienone is 2. The summed E-state index contributed by atoms with van der Waals surface area (Å²) in [6.45, 7) is 1.35. The summed E-state index contributed by atoms with van der Waals surface area (Å²) in [7, 11) is 0. The molecule has 10 heteroatoms. The Morgan fingerprint density at radius 2 is 1.88 bits per heavy atom. The lowest BCUT2D eigenvalue weighted by molar-refractivity contribution is -0.138. The molecule has 0 saturated heterocycles. The zero-order valence-electron chi connectivity index (χ0n) is 17.4. The molecule has 0 radical (unpaired) electrons. The lowest BCUT2D eigenvalue weighted by atomic mass is 9.64. The average Bonchev–Trinajstić information content (AvgIpc) is 2.73. The second-order valence-corrected chi connectivity index (χ2v) is 8.83. The van der Waals surface area contributed by atoms with E-state index >= 15 is 0 Å². The van der Waals surface area contributed by atoms with Crippen LogP contribution in [0.3, 0.4) is 0 Å². The molecule has 0 atom stereocenters. The summed E-state index contributed by atoms with van der Waals surface area (Å²) >= 11 is 1.04. The number of hydrogen-bond donors (Lipinski definition) is 3. The molecule has 0 bridgehead atoms. The molecule has 1 aromatic carbocycles. The smallest absolute Gasteiger partial charge is 0.384 e. The summed E-state index contributed by atoms with van der Waals surface area (Å²) in [6, 6.07) is 7.95. The van der Waals surface area contributed by atoms with Crippen molar-refractivity contribution >= 4 is 23.4 Å². The van der Waals surface area contributed by atoms with Crippen LogP contribution < -0.4 is 16.4 Å². The molecule has 1 heterocycles. The van der Waals surface area contributed by atoms with Crippen molar-refractivity contribution in [3.8, 4) is 12.1 Å². The maximum Gasteiger partial charge on any atom is 0.416 e. The van der Waals surface area contributed by atoms with Gasteiger partial charge in [-0.2, -0.15) is 23.7 Å². The van der Waals surface area contributed by atoms with Gasteiger partial charge in [0.15, 0.2) is 0 Å². The number of aryl methyl sites for hydroxylation is 1. The molecule has 1 amide bonds. The first kappa shape index (κ1) is 23.6. The topological polar surface area (TPSA) is 115 Å². The van der Waals surface area contributed by atoms with Crippen LogP contribution in [0.1, 0.15) is 43.2 Å². The summed E-state index contributed by atoms with van der Waals surface area (Å²) in [5.41, 5.74) is 5.35. The molecular formula is C22H22F3N5OS. The maximum absolute atomic E-state index is 13.1. The molecule has 1 aliphatic heterocycles. The Kier molecular flexibility index (Phi) is 6.75. The molecule has 1 fully saturated rings. The lowest BCUT2D eigenvalue weighted by Crippen LogP contribution is -2.39. The van der Waals surface area contributed by atoms with E-state index in [-0.39, 0.29) is 22.8 Å². The molecular weight excluding hydrogens is 439 g/mol. The van der Waals surface area contributed by atoms with Gasteiger partial charge in [0.1, 0.15) is 5.82 Å². The number of carbonyl (C=O) groups is 1. The third kappa shape index (κ3) is 4.56. The number of benzene rings is 1. The number of halogens is 3. The maximum atomic E-state index is 13.1. The summed E-state index contributed by atoms with van der Waals surface area (Å²) in [5.74, 6) is -0.497. The Balaban J connectivity index is 1.78. The fourth-order valence-electron chi connectivity index (χ4n) is 4.28. The minimum atomic E-state index is -4.52. The number of anilines is 1. The van der Waals surface area contributed by atoms with Crippen LogP contribution in [0, 0.1) is 35.0 Å². The molecule has 1 aromatic rings. The second-order valence-electron chi connectivity index (χ2n) is 7.85. The van der Waals surface area contributed by atoms with E-state index in [1.54, 1.807) is 0 Å². The molecule has 4 N–H and O–H groups in total. The molecule has 3 rings (SSSR count). The molecule has 1 spiro atoms. The van der Waals surface area contributed by atoms with Gasteiger partial charge in [-0.3, -0.25) is 4.79 Å². The predicted molar refractivity (Wildman–Crippen MR) is 115 cm³/mol. The summed E-state index contributed by atoms with van der Waals surface area (Å²) in [6.07, 6.45) is -0.543. The van der Waals surface area contributed by atoms with Crippen molar-refractivity contribution in [2.24, 2.45) is 11.1 Å². The number of nitriles is 2. The highest BCUT2D eigenvalue weighted by Gasteiger charge is 2.45. The van der Waals surface area contributed by atoms with E-state index in [4.69, 9.17) is 5.73 Å². The monoisotopic (exact) mass is 461 g/mol. The van der Waals surface area contributed by atoms with E-state index in [2.05, 4.69) is 22.8 Å². The zero-order chi connectivity index (χ0) is 23.5. The Labute approximate surface area is 188 Å². The summed E-state index contributed by atoms with van der Waals surface area (Å²) in [4.78, 5) is 12.4. The average molecular weight is 462 g/mol. The third-order valence-electron chi connectivity index (χ3n) is 5.81. The van der Waals surface area contributed by atoms with Crippen LogP contribution in [-0.2, 0) is 11.0 Å². The molecule has 1 aliphatic carbocycles. The first-order chi connectivity index (χ1) is 15.1. The van der Waals surface area contributed by atoms with Crippen molar-refractivity contribution in [3.63, 3.8) is 0 Å². The Morgan fingerprint density at radius 3 is 2.47 bits per heavy atom. The number of carbonyl (C=O) groups excluding carboxylic acids is 1. The largest absolute Gasteiger partial charge is 0.416 e. The number of hydrogen-bond acceptors (Lipinski definition) is 6. The van der Waals surface area contributed by atoms with Crippen molar-refractivity contribution in [3.05, 3.63) is 51.3 Å². The van der Waals surface area contributed by atoms with Gasteiger partial charge in [-0.25, -0.2) is 0 Å². The van der Waals surface area contributed by atoms with Gasteiger partial charge in [0.05, 0.1) is 39.6 Å². The summed E-state index contributed by atoms with van der Waals surface area (Å²) < 4.78 is 39.3. The highest BCUT2D eigenvalue weighted by Crippen LogP contribution is 2.51. The van der Waals surface area contributed by atoms with Gasteiger partial charge in [-0.05, 0) is 37.5 Å². The van der Waals surface area contributed by atoms with Crippen LogP contribution in [0.2, 0.25) is 0 Å². The van der Waals surface area contributed by atoms with Crippen molar-refractivity contribution in [2.45, 2.75) is 45.2 Å². The molecule has 2 aliphatic rings. The number of alkyl halides is 3. The van der Waals surface area contributed by atoms with E-state index < -0.39 is 23.1 Å². The number of nitrogens with zero attached hydrogens (tertiary/aromatic N) is 2. The van der Waals surface area contributed by atoms with Crippen LogP contribution in [0.25, 0.3) is 0 Å². The fourth-order valence-corrected chi connectivity index (χ4v) is 5.19. The highest BCUT2D eigenvalue weighted by molar-refractivity contribution is 8.03. The van der Waals surface area contributed by atoms with E-state index in [1.165, 1.54) is 19.1 Å². The fraction of sp³-hybridized carbons (Fsp3) is 0.409. The lowest BCUT2D eigenvalue weighted by Gasteiger charge is -2.40. The highest BCUT2D eigenvalue weighted by atomic mass is 32.2. The normalized spacial score (nSPS) is 18.1. The van der Waals surface area contributed by atoms with Gasteiger partial charge in [-0.1, -0.05) is 37.1 Å². The first-order valence-corrected chi connectivity index (χ1v) is 11.0. The number of amides is 1. The molecule has 32 heavy (non-hydrogen) atoms. The van der Waals surface area contributed by atoms with Gasteiger partial charge in [0, 0.05) is 11.1 Å². The quantitative estimate of drug-likeness (QED) is 0.600. The minimum Gasteiger partial charge on any atom is -0.384 e. The third-order valence-corrected chi connectivity index (χ3v) is 6.81. The van der Waals surface area contributed by atoms with Crippen molar-refractivity contribution < 1.29 is 18.0 Å². The molecule has 0 aromatic heterocycles. The van der Waals surface area contributed by atoms with Gasteiger partial charge >= 0.3 is 6.18 Å². The van der Waals surface area contributed by atoms with Gasteiger partial charge in [0.25, 0.3) is 0 Å². The Hall–Kier alpha value is -3.11. The van der Waals surface area contributed by atoms with E-state index in [0.717, 1.165) is 37.1 Å². The Bertz CT molecular complexity index is 1070. The zero-order valence-corrected chi connectivity index (χ0v) is 18.2. The number of dihydropyridines is 1. The second kappa shape index (κ2) is 9.17. The van der Waals surface area contributed by atoms with Crippen LogP contribution in [-0.4, -0.2) is 11.7 Å². The van der Waals surface area contributed by atoms with Crippen LogP contribution >= 0.6 is 11.8 Å². The minimum absolute atomic E-state index is 0.0366.